The Kier molecular flexibility index (Phi) is 2.46. The monoisotopic (exact) mass is 191 g/mol. The fourth-order valence-corrected chi connectivity index (χ4v) is 0.968. The molecule has 0 unspecified atom stereocenters. The fraction of sp³-hybridized carbons (Fsp3) is 0.400. The predicted molar refractivity (Wildman–Crippen MR) is 41.1 cm³/mol. The van der Waals surface area contributed by atoms with Crippen molar-refractivity contribution in [3.05, 3.63) is 18.0 Å². The molecule has 0 aromatic carbocycles. The molecule has 1 aromatic heterocycles. The maximum atomic E-state index is 10.3. The lowest BCUT2D eigenvalue weighted by Crippen LogP contribution is -2.15. The third-order valence-electron chi connectivity index (χ3n) is 1.14. The summed E-state index contributed by atoms with van der Waals surface area (Å²) in [7, 11) is -2.14. The molecular formula is C5H9N3O3S. The van der Waals surface area contributed by atoms with Crippen molar-refractivity contribution in [3.8, 4) is 0 Å². The molecule has 12 heavy (non-hydrogen) atoms. The number of rotatable bonds is 3. The molecule has 0 atom stereocenters. The number of nitrogens with zero attached hydrogens (tertiary/aromatic N) is 2. The van der Waals surface area contributed by atoms with Crippen LogP contribution in [-0.2, 0) is 28.1 Å². The minimum absolute atomic E-state index is 0.125. The summed E-state index contributed by atoms with van der Waals surface area (Å²) in [6, 6.07) is 1.64. The van der Waals surface area contributed by atoms with E-state index in [4.69, 9.17) is 0 Å². The van der Waals surface area contributed by atoms with Crippen LogP contribution in [0.2, 0.25) is 0 Å². The van der Waals surface area contributed by atoms with Gasteiger partial charge in [-0.3, -0.25) is 8.86 Å². The van der Waals surface area contributed by atoms with Gasteiger partial charge in [0.25, 0.3) is 0 Å². The summed E-state index contributed by atoms with van der Waals surface area (Å²) >= 11 is 0. The first kappa shape index (κ1) is 9.17. The van der Waals surface area contributed by atoms with E-state index in [0.717, 1.165) is 0 Å². The highest BCUT2D eigenvalue weighted by molar-refractivity contribution is 7.84. The van der Waals surface area contributed by atoms with E-state index in [2.05, 4.69) is 14.4 Å². The van der Waals surface area contributed by atoms with Crippen LogP contribution < -0.4 is 5.14 Å². The van der Waals surface area contributed by atoms with E-state index in [-0.39, 0.29) is 6.61 Å². The third kappa shape index (κ3) is 2.99. The second-order valence-corrected chi connectivity index (χ2v) is 3.46. The molecule has 0 saturated heterocycles. The smallest absolute Gasteiger partial charge is 0.275 e. The number of aromatic nitrogens is 2. The molecule has 6 nitrogen and oxygen atoms in total. The van der Waals surface area contributed by atoms with E-state index in [1.807, 2.05) is 0 Å². The van der Waals surface area contributed by atoms with Gasteiger partial charge in [0, 0.05) is 13.2 Å². The Morgan fingerprint density at radius 1 is 1.75 bits per heavy atom. The van der Waals surface area contributed by atoms with E-state index >= 15 is 0 Å². The van der Waals surface area contributed by atoms with Gasteiger partial charge in [0.2, 0.25) is 0 Å². The lowest BCUT2D eigenvalue weighted by Gasteiger charge is -1.95. The highest BCUT2D eigenvalue weighted by atomic mass is 32.2. The van der Waals surface area contributed by atoms with Crippen molar-refractivity contribution in [1.82, 2.24) is 9.78 Å². The first-order chi connectivity index (χ1) is 5.47. The number of hydrogen-bond acceptors (Lipinski definition) is 4. The molecule has 0 amide bonds. The van der Waals surface area contributed by atoms with Gasteiger partial charge in [0.1, 0.15) is 6.61 Å². The molecule has 68 valence electrons. The van der Waals surface area contributed by atoms with Gasteiger partial charge in [-0.05, 0) is 6.07 Å². The van der Waals surface area contributed by atoms with Gasteiger partial charge < -0.3 is 0 Å². The van der Waals surface area contributed by atoms with Crippen LogP contribution in [0.5, 0.6) is 0 Å². The van der Waals surface area contributed by atoms with Gasteiger partial charge >= 0.3 is 10.3 Å². The normalized spacial score (nSPS) is 11.8. The summed E-state index contributed by atoms with van der Waals surface area (Å²) in [6.45, 7) is -0.125. The molecule has 0 radical (unpaired) electrons. The first-order valence-electron chi connectivity index (χ1n) is 3.13. The number of aryl methyl sites for hydroxylation is 1. The summed E-state index contributed by atoms with van der Waals surface area (Å²) in [5, 5.41) is 8.49. The Hall–Kier alpha value is -0.920. The molecule has 0 aliphatic rings. The Morgan fingerprint density at radius 3 is 2.83 bits per heavy atom. The zero-order valence-corrected chi connectivity index (χ0v) is 7.28. The Labute approximate surface area is 70.2 Å². The molecule has 1 aromatic rings. The fourth-order valence-electron chi connectivity index (χ4n) is 0.683. The van der Waals surface area contributed by atoms with E-state index in [0.29, 0.717) is 5.69 Å². The average molecular weight is 191 g/mol. The topological polar surface area (TPSA) is 87.2 Å². The van der Waals surface area contributed by atoms with Gasteiger partial charge in [-0.2, -0.15) is 13.5 Å². The zero-order chi connectivity index (χ0) is 9.19. The predicted octanol–water partition coefficient (Wildman–Crippen LogP) is -0.860. The van der Waals surface area contributed by atoms with Crippen molar-refractivity contribution in [1.29, 1.82) is 0 Å². The van der Waals surface area contributed by atoms with Crippen molar-refractivity contribution < 1.29 is 12.6 Å². The van der Waals surface area contributed by atoms with Crippen LogP contribution in [0.3, 0.4) is 0 Å². The minimum atomic E-state index is -3.86. The van der Waals surface area contributed by atoms with E-state index in [9.17, 15) is 8.42 Å². The summed E-state index contributed by atoms with van der Waals surface area (Å²) in [6.07, 6.45) is 1.68. The molecule has 2 N–H and O–H groups in total. The van der Waals surface area contributed by atoms with Gasteiger partial charge in [-0.25, -0.2) is 5.14 Å². The van der Waals surface area contributed by atoms with Crippen molar-refractivity contribution in [2.24, 2.45) is 12.2 Å². The Morgan fingerprint density at radius 2 is 2.42 bits per heavy atom. The van der Waals surface area contributed by atoms with Crippen LogP contribution in [-0.4, -0.2) is 18.2 Å². The SMILES string of the molecule is Cn1ccc(COS(N)(=O)=O)n1. The third-order valence-corrected chi connectivity index (χ3v) is 1.59. The van der Waals surface area contributed by atoms with Crippen LogP contribution >= 0.6 is 0 Å². The Balaban J connectivity index is 2.55. The van der Waals surface area contributed by atoms with Crippen LogP contribution in [0.4, 0.5) is 0 Å². The minimum Gasteiger partial charge on any atom is -0.275 e. The maximum absolute atomic E-state index is 10.3. The second-order valence-electron chi connectivity index (χ2n) is 2.24. The molecule has 0 bridgehead atoms. The van der Waals surface area contributed by atoms with Crippen LogP contribution in [0, 0.1) is 0 Å². The number of hydrogen-bond donors (Lipinski definition) is 1. The average Bonchev–Trinajstić information content (AvgIpc) is 2.30. The second kappa shape index (κ2) is 3.21. The quantitative estimate of drug-likeness (QED) is 0.673. The summed E-state index contributed by atoms with van der Waals surface area (Å²) in [5.74, 6) is 0. The van der Waals surface area contributed by atoms with Crippen molar-refractivity contribution in [3.63, 3.8) is 0 Å². The molecule has 1 heterocycles. The van der Waals surface area contributed by atoms with Gasteiger partial charge in [-0.15, -0.1) is 0 Å². The van der Waals surface area contributed by atoms with Crippen LogP contribution in [0.25, 0.3) is 0 Å². The van der Waals surface area contributed by atoms with Gasteiger partial charge in [-0.1, -0.05) is 0 Å². The number of nitrogens with two attached hydrogens (primary N) is 1. The van der Waals surface area contributed by atoms with E-state index in [1.165, 1.54) is 0 Å². The van der Waals surface area contributed by atoms with E-state index < -0.39 is 10.3 Å². The first-order valence-corrected chi connectivity index (χ1v) is 4.60. The van der Waals surface area contributed by atoms with Crippen LogP contribution in [0.1, 0.15) is 5.69 Å². The molecule has 7 heteroatoms. The highest BCUT2D eigenvalue weighted by Crippen LogP contribution is 1.97. The molecule has 0 fully saturated rings. The highest BCUT2D eigenvalue weighted by Gasteiger charge is 2.04. The van der Waals surface area contributed by atoms with Crippen molar-refractivity contribution in [2.45, 2.75) is 6.61 Å². The maximum Gasteiger partial charge on any atom is 0.333 e. The Bertz CT molecular complexity index is 356. The summed E-state index contributed by atoms with van der Waals surface area (Å²) in [4.78, 5) is 0. The van der Waals surface area contributed by atoms with Gasteiger partial charge in [0.05, 0.1) is 5.69 Å². The van der Waals surface area contributed by atoms with Crippen molar-refractivity contribution >= 4 is 10.3 Å². The molecule has 0 aliphatic heterocycles. The molecule has 0 aliphatic carbocycles. The largest absolute Gasteiger partial charge is 0.333 e. The zero-order valence-electron chi connectivity index (χ0n) is 6.47. The molecule has 0 saturated carbocycles. The van der Waals surface area contributed by atoms with Gasteiger partial charge in [0.15, 0.2) is 0 Å². The lowest BCUT2D eigenvalue weighted by atomic mass is 10.5. The van der Waals surface area contributed by atoms with Crippen molar-refractivity contribution in [2.75, 3.05) is 0 Å². The summed E-state index contributed by atoms with van der Waals surface area (Å²) in [5.41, 5.74) is 0.520. The van der Waals surface area contributed by atoms with E-state index in [1.54, 1.807) is 24.0 Å². The molecule has 1 rings (SSSR count). The van der Waals surface area contributed by atoms with Crippen LogP contribution in [0.15, 0.2) is 12.3 Å². The standard InChI is InChI=1S/C5H9N3O3S/c1-8-3-2-5(7-8)4-11-12(6,9)10/h2-3H,4H2,1H3,(H2,6,9,10). The summed E-state index contributed by atoms with van der Waals surface area (Å²) < 4.78 is 26.5. The lowest BCUT2D eigenvalue weighted by molar-refractivity contribution is 0.303. The molecule has 0 spiro atoms. The molecular weight excluding hydrogens is 182 g/mol.